The quantitative estimate of drug-likeness (QED) is 0.853. The van der Waals surface area contributed by atoms with E-state index >= 15 is 0 Å². The Kier molecular flexibility index (Phi) is 4.41. The number of hydrogen-bond acceptors (Lipinski definition) is 4. The molecule has 19 heavy (non-hydrogen) atoms. The van der Waals surface area contributed by atoms with Gasteiger partial charge in [0.05, 0.1) is 5.69 Å². The van der Waals surface area contributed by atoms with Crippen LogP contribution in [0.15, 0.2) is 29.6 Å². The second-order valence-corrected chi connectivity index (χ2v) is 4.97. The number of hydrogen-bond donors (Lipinski definition) is 1. The standard InChI is InChI=1S/C14H14N2O2S/c1-10(18)15-12-6-4-11(5-7-12)14-16-13(9-19-14)3-2-8-17/h4-9H,2-3H2,1H3,(H,15,18). The van der Waals surface area contributed by atoms with E-state index in [1.807, 2.05) is 29.6 Å². The summed E-state index contributed by atoms with van der Waals surface area (Å²) in [5, 5.41) is 5.62. The number of aldehydes is 1. The van der Waals surface area contributed by atoms with Gasteiger partial charge >= 0.3 is 0 Å². The zero-order valence-electron chi connectivity index (χ0n) is 10.6. The molecule has 2 aromatic rings. The smallest absolute Gasteiger partial charge is 0.221 e. The number of carbonyl (C=O) groups is 2. The maximum atomic E-state index is 10.9. The Morgan fingerprint density at radius 1 is 1.37 bits per heavy atom. The fraction of sp³-hybridized carbons (Fsp3) is 0.214. The highest BCUT2D eigenvalue weighted by Crippen LogP contribution is 2.25. The van der Waals surface area contributed by atoms with Gasteiger partial charge in [0.1, 0.15) is 11.3 Å². The van der Waals surface area contributed by atoms with Gasteiger partial charge in [0.2, 0.25) is 5.91 Å². The van der Waals surface area contributed by atoms with E-state index < -0.39 is 0 Å². The molecule has 0 unspecified atom stereocenters. The molecule has 1 amide bonds. The van der Waals surface area contributed by atoms with Crippen LogP contribution in [-0.2, 0) is 16.0 Å². The van der Waals surface area contributed by atoms with E-state index in [1.165, 1.54) is 6.92 Å². The van der Waals surface area contributed by atoms with Gasteiger partial charge in [-0.3, -0.25) is 4.79 Å². The third-order valence-electron chi connectivity index (χ3n) is 2.52. The van der Waals surface area contributed by atoms with E-state index in [1.54, 1.807) is 11.3 Å². The first kappa shape index (κ1) is 13.4. The SMILES string of the molecule is CC(=O)Nc1ccc(-c2nc(CCC=O)cs2)cc1. The molecule has 1 aromatic heterocycles. The van der Waals surface area contributed by atoms with Crippen molar-refractivity contribution in [3.63, 3.8) is 0 Å². The minimum atomic E-state index is -0.0850. The summed E-state index contributed by atoms with van der Waals surface area (Å²) < 4.78 is 0. The number of anilines is 1. The zero-order valence-corrected chi connectivity index (χ0v) is 11.4. The fourth-order valence-electron chi connectivity index (χ4n) is 1.66. The Bertz CT molecular complexity index is 575. The first-order chi connectivity index (χ1) is 9.19. The molecule has 0 atom stereocenters. The summed E-state index contributed by atoms with van der Waals surface area (Å²) in [6.07, 6.45) is 2.09. The molecule has 0 saturated heterocycles. The summed E-state index contributed by atoms with van der Waals surface area (Å²) in [5.41, 5.74) is 2.73. The highest BCUT2D eigenvalue weighted by Gasteiger charge is 2.05. The van der Waals surface area contributed by atoms with Gasteiger partial charge < -0.3 is 10.1 Å². The topological polar surface area (TPSA) is 59.1 Å². The van der Waals surface area contributed by atoms with Crippen LogP contribution in [0.1, 0.15) is 19.0 Å². The maximum absolute atomic E-state index is 10.9. The molecular formula is C14H14N2O2S. The molecule has 2 rings (SSSR count). The maximum Gasteiger partial charge on any atom is 0.221 e. The number of rotatable bonds is 5. The lowest BCUT2D eigenvalue weighted by molar-refractivity contribution is -0.114. The second-order valence-electron chi connectivity index (χ2n) is 4.11. The van der Waals surface area contributed by atoms with Crippen molar-refractivity contribution in [2.45, 2.75) is 19.8 Å². The molecule has 0 fully saturated rings. The Balaban J connectivity index is 2.10. The van der Waals surface area contributed by atoms with Crippen LogP contribution in [0, 0.1) is 0 Å². The highest BCUT2D eigenvalue weighted by atomic mass is 32.1. The number of carbonyl (C=O) groups excluding carboxylic acids is 2. The van der Waals surface area contributed by atoms with E-state index in [-0.39, 0.29) is 5.91 Å². The number of nitrogens with one attached hydrogen (secondary N) is 1. The molecule has 0 spiro atoms. The van der Waals surface area contributed by atoms with Gasteiger partial charge in [-0.1, -0.05) is 0 Å². The van der Waals surface area contributed by atoms with Gasteiger partial charge in [-0.05, 0) is 30.7 Å². The van der Waals surface area contributed by atoms with Crippen molar-refractivity contribution in [1.29, 1.82) is 0 Å². The summed E-state index contributed by atoms with van der Waals surface area (Å²) in [6, 6.07) is 7.55. The van der Waals surface area contributed by atoms with Gasteiger partial charge in [0.25, 0.3) is 0 Å². The molecule has 5 heteroatoms. The van der Waals surface area contributed by atoms with E-state index in [9.17, 15) is 9.59 Å². The number of aromatic nitrogens is 1. The summed E-state index contributed by atoms with van der Waals surface area (Å²) >= 11 is 1.56. The predicted octanol–water partition coefficient (Wildman–Crippen LogP) is 2.90. The van der Waals surface area contributed by atoms with Crippen LogP contribution in [0.5, 0.6) is 0 Å². The van der Waals surface area contributed by atoms with Crippen molar-refractivity contribution >= 4 is 29.2 Å². The summed E-state index contributed by atoms with van der Waals surface area (Å²) in [4.78, 5) is 25.7. The number of benzene rings is 1. The number of amides is 1. The Morgan fingerprint density at radius 3 is 2.74 bits per heavy atom. The van der Waals surface area contributed by atoms with Crippen LogP contribution in [-0.4, -0.2) is 17.2 Å². The largest absolute Gasteiger partial charge is 0.326 e. The summed E-state index contributed by atoms with van der Waals surface area (Å²) in [7, 11) is 0. The van der Waals surface area contributed by atoms with E-state index in [2.05, 4.69) is 10.3 Å². The normalized spacial score (nSPS) is 10.2. The lowest BCUT2D eigenvalue weighted by Gasteiger charge is -2.02. The molecule has 0 aliphatic carbocycles. The molecular weight excluding hydrogens is 260 g/mol. The van der Waals surface area contributed by atoms with Gasteiger partial charge in [0.15, 0.2) is 0 Å². The van der Waals surface area contributed by atoms with Crippen LogP contribution < -0.4 is 5.32 Å². The fourth-order valence-corrected chi connectivity index (χ4v) is 2.52. The van der Waals surface area contributed by atoms with Gasteiger partial charge in [-0.15, -0.1) is 11.3 Å². The van der Waals surface area contributed by atoms with Crippen molar-refractivity contribution in [3.05, 3.63) is 35.3 Å². The number of aryl methyl sites for hydroxylation is 1. The van der Waals surface area contributed by atoms with Crippen LogP contribution in [0.25, 0.3) is 10.6 Å². The molecule has 1 heterocycles. The molecule has 98 valence electrons. The molecule has 0 saturated carbocycles. The van der Waals surface area contributed by atoms with Crippen LogP contribution in [0.3, 0.4) is 0 Å². The molecule has 0 aliphatic rings. The van der Waals surface area contributed by atoms with E-state index in [0.29, 0.717) is 12.8 Å². The van der Waals surface area contributed by atoms with Crippen molar-refractivity contribution in [3.8, 4) is 10.6 Å². The molecule has 1 N–H and O–H groups in total. The van der Waals surface area contributed by atoms with Gasteiger partial charge in [-0.25, -0.2) is 4.98 Å². The average Bonchev–Trinajstić information content (AvgIpc) is 2.85. The molecule has 4 nitrogen and oxygen atoms in total. The van der Waals surface area contributed by atoms with Crippen molar-refractivity contribution < 1.29 is 9.59 Å². The first-order valence-corrected chi connectivity index (χ1v) is 6.83. The minimum Gasteiger partial charge on any atom is -0.326 e. The Labute approximate surface area is 115 Å². The molecule has 1 aromatic carbocycles. The monoisotopic (exact) mass is 274 g/mol. The van der Waals surface area contributed by atoms with E-state index in [4.69, 9.17) is 0 Å². The van der Waals surface area contributed by atoms with Crippen molar-refractivity contribution in [2.75, 3.05) is 5.32 Å². The van der Waals surface area contributed by atoms with Gasteiger partial charge in [0, 0.05) is 30.0 Å². The lowest BCUT2D eigenvalue weighted by Crippen LogP contribution is -2.05. The van der Waals surface area contributed by atoms with Gasteiger partial charge in [-0.2, -0.15) is 0 Å². The zero-order chi connectivity index (χ0) is 13.7. The first-order valence-electron chi connectivity index (χ1n) is 5.95. The minimum absolute atomic E-state index is 0.0850. The third kappa shape index (κ3) is 3.72. The summed E-state index contributed by atoms with van der Waals surface area (Å²) in [6.45, 7) is 1.48. The average molecular weight is 274 g/mol. The van der Waals surface area contributed by atoms with Crippen LogP contribution >= 0.6 is 11.3 Å². The summed E-state index contributed by atoms with van der Waals surface area (Å²) in [5.74, 6) is -0.0850. The molecule has 0 bridgehead atoms. The molecule has 0 aliphatic heterocycles. The van der Waals surface area contributed by atoms with Crippen LogP contribution in [0.2, 0.25) is 0 Å². The lowest BCUT2D eigenvalue weighted by atomic mass is 10.2. The Hall–Kier alpha value is -2.01. The Morgan fingerprint density at radius 2 is 2.11 bits per heavy atom. The van der Waals surface area contributed by atoms with Crippen molar-refractivity contribution in [2.24, 2.45) is 0 Å². The highest BCUT2D eigenvalue weighted by molar-refractivity contribution is 7.13. The number of thiazole rings is 1. The number of nitrogens with zero attached hydrogens (tertiary/aromatic N) is 1. The predicted molar refractivity (Wildman–Crippen MR) is 76.2 cm³/mol. The molecule has 0 radical (unpaired) electrons. The third-order valence-corrected chi connectivity index (χ3v) is 3.46. The van der Waals surface area contributed by atoms with E-state index in [0.717, 1.165) is 28.2 Å². The van der Waals surface area contributed by atoms with Crippen molar-refractivity contribution in [1.82, 2.24) is 4.98 Å². The second kappa shape index (κ2) is 6.24. The van der Waals surface area contributed by atoms with Crippen LogP contribution in [0.4, 0.5) is 5.69 Å².